The van der Waals surface area contributed by atoms with E-state index in [-0.39, 0.29) is 38.1 Å². The summed E-state index contributed by atoms with van der Waals surface area (Å²) in [5, 5.41) is 30.8. The van der Waals surface area contributed by atoms with Crippen molar-refractivity contribution in [3.05, 3.63) is 93.6 Å². The number of aryl methyl sites for hydroxylation is 2. The first-order valence-electron chi connectivity index (χ1n) is 15.8. The molecule has 0 bridgehead atoms. The number of carbonyl (C=O) groups excluding carboxylic acids is 2. The van der Waals surface area contributed by atoms with E-state index in [1.807, 2.05) is 103 Å². The van der Waals surface area contributed by atoms with E-state index in [0.29, 0.717) is 30.4 Å². The van der Waals surface area contributed by atoms with Crippen molar-refractivity contribution in [3.8, 4) is 0 Å². The van der Waals surface area contributed by atoms with Crippen LogP contribution in [0.4, 0.5) is 0 Å². The van der Waals surface area contributed by atoms with Crippen LogP contribution in [0.1, 0.15) is 92.9 Å². The lowest BCUT2D eigenvalue weighted by Gasteiger charge is -2.39. The number of carbonyl (C=O) groups is 2. The molecule has 2 aromatic carbocycles. The largest absolute Gasteiger partial charge is 0.395 e. The molecule has 1 aliphatic carbocycles. The molecule has 3 N–H and O–H groups in total. The summed E-state index contributed by atoms with van der Waals surface area (Å²) in [5.41, 5.74) is 4.86. The number of aliphatic hydroxyl groups is 3. The number of benzene rings is 2. The monoisotopic (exact) mass is 604 g/mol. The van der Waals surface area contributed by atoms with Gasteiger partial charge >= 0.3 is 0 Å². The Kier molecular flexibility index (Phi) is 12.1. The number of hydrogen-bond acceptors (Lipinski definition) is 5. The first-order chi connectivity index (χ1) is 20.7. The van der Waals surface area contributed by atoms with Crippen LogP contribution in [-0.2, 0) is 16.8 Å². The average Bonchev–Trinajstić information content (AvgIpc) is 2.98. The first-order valence-corrected chi connectivity index (χ1v) is 15.8. The second-order valence-corrected chi connectivity index (χ2v) is 13.4. The van der Waals surface area contributed by atoms with Crippen LogP contribution in [0.2, 0.25) is 0 Å². The van der Waals surface area contributed by atoms with Crippen molar-refractivity contribution in [1.82, 2.24) is 9.80 Å². The van der Waals surface area contributed by atoms with Gasteiger partial charge in [0, 0.05) is 29.8 Å². The fraction of sp³-hybridized carbons (Fsp3) is 0.514. The van der Waals surface area contributed by atoms with Gasteiger partial charge in [-0.1, -0.05) is 54.1 Å². The van der Waals surface area contributed by atoms with E-state index in [4.69, 9.17) is 0 Å². The third kappa shape index (κ3) is 8.46. The van der Waals surface area contributed by atoms with Gasteiger partial charge in [0.25, 0.3) is 11.8 Å². The lowest BCUT2D eigenvalue weighted by Crippen LogP contribution is -2.47. The zero-order chi connectivity index (χ0) is 32.7. The third-order valence-electron chi connectivity index (χ3n) is 8.80. The molecule has 240 valence electrons. The van der Waals surface area contributed by atoms with Gasteiger partial charge in [-0.15, -0.1) is 0 Å². The maximum absolute atomic E-state index is 14.2. The lowest BCUT2D eigenvalue weighted by molar-refractivity contribution is -0.132. The summed E-state index contributed by atoms with van der Waals surface area (Å²) >= 11 is 0. The molecule has 3 rings (SSSR count). The molecular formula is C37H52N2O5. The van der Waals surface area contributed by atoms with E-state index in [0.717, 1.165) is 40.7 Å². The number of rotatable bonds is 13. The van der Waals surface area contributed by atoms with Crippen LogP contribution >= 0.6 is 0 Å². The van der Waals surface area contributed by atoms with E-state index in [2.05, 4.69) is 0 Å². The van der Waals surface area contributed by atoms with Gasteiger partial charge in [0.05, 0.1) is 24.9 Å². The quantitative estimate of drug-likeness (QED) is 0.276. The van der Waals surface area contributed by atoms with E-state index in [1.54, 1.807) is 9.80 Å². The molecule has 1 atom stereocenters. The minimum atomic E-state index is -0.719. The van der Waals surface area contributed by atoms with Crippen molar-refractivity contribution < 1.29 is 24.9 Å². The molecule has 1 unspecified atom stereocenters. The Labute approximate surface area is 263 Å². The second-order valence-electron chi connectivity index (χ2n) is 13.4. The molecule has 0 aromatic heterocycles. The summed E-state index contributed by atoms with van der Waals surface area (Å²) in [6, 6.07) is 13.7. The molecule has 0 radical (unpaired) electrons. The van der Waals surface area contributed by atoms with Crippen LogP contribution in [0.15, 0.2) is 65.8 Å². The van der Waals surface area contributed by atoms with Crippen LogP contribution in [0.5, 0.6) is 0 Å². The Hall–Kier alpha value is -3.26. The van der Waals surface area contributed by atoms with Crippen LogP contribution in [-0.4, -0.2) is 74.9 Å². The van der Waals surface area contributed by atoms with E-state index < -0.39 is 17.2 Å². The number of nitrogens with zero attached hydrogens (tertiary/aromatic N) is 2. The highest BCUT2D eigenvalue weighted by Gasteiger charge is 2.34. The summed E-state index contributed by atoms with van der Waals surface area (Å²) in [7, 11) is 0. The minimum Gasteiger partial charge on any atom is -0.395 e. The maximum Gasteiger partial charge on any atom is 0.254 e. The van der Waals surface area contributed by atoms with Crippen LogP contribution in [0, 0.1) is 13.8 Å². The highest BCUT2D eigenvalue weighted by atomic mass is 16.3. The van der Waals surface area contributed by atoms with Crippen molar-refractivity contribution in [2.75, 3.05) is 26.3 Å². The molecule has 2 amide bonds. The average molecular weight is 605 g/mol. The Morgan fingerprint density at radius 2 is 1.50 bits per heavy atom. The lowest BCUT2D eigenvalue weighted by atomic mass is 9.88. The Balaban J connectivity index is 1.87. The van der Waals surface area contributed by atoms with E-state index in [1.165, 1.54) is 0 Å². The highest BCUT2D eigenvalue weighted by molar-refractivity contribution is 5.98. The minimum absolute atomic E-state index is 0.0981. The molecule has 0 fully saturated rings. The topological polar surface area (TPSA) is 101 Å². The van der Waals surface area contributed by atoms with Crippen LogP contribution in [0.3, 0.4) is 0 Å². The molecule has 7 heteroatoms. The molecule has 0 saturated heterocycles. The van der Waals surface area contributed by atoms with Crippen LogP contribution in [0.25, 0.3) is 0 Å². The van der Waals surface area contributed by atoms with E-state index in [9.17, 15) is 24.9 Å². The molecule has 1 aliphatic rings. The fourth-order valence-corrected chi connectivity index (χ4v) is 6.00. The number of allylic oxidation sites excluding steroid dienone is 2. The van der Waals surface area contributed by atoms with Crippen molar-refractivity contribution in [2.45, 2.75) is 97.8 Å². The van der Waals surface area contributed by atoms with Gasteiger partial charge in [-0.3, -0.25) is 9.59 Å². The number of aliphatic hydroxyl groups excluding tert-OH is 3. The van der Waals surface area contributed by atoms with Gasteiger partial charge in [-0.05, 0) is 109 Å². The summed E-state index contributed by atoms with van der Waals surface area (Å²) in [4.78, 5) is 31.2. The summed E-state index contributed by atoms with van der Waals surface area (Å²) in [6.45, 7) is 14.0. The molecule has 0 saturated carbocycles. The second kappa shape index (κ2) is 15.2. The number of hydrogen-bond donors (Lipinski definition) is 3. The molecule has 0 spiro atoms. The molecular weight excluding hydrogens is 552 g/mol. The highest BCUT2D eigenvalue weighted by Crippen LogP contribution is 2.32. The zero-order valence-electron chi connectivity index (χ0n) is 27.7. The normalized spacial score (nSPS) is 14.5. The summed E-state index contributed by atoms with van der Waals surface area (Å²) in [6.07, 6.45) is 6.07. The predicted molar refractivity (Wildman–Crippen MR) is 176 cm³/mol. The molecule has 7 nitrogen and oxygen atoms in total. The fourth-order valence-electron chi connectivity index (χ4n) is 6.00. The Bertz CT molecular complexity index is 1350. The SMILES string of the molecule is Cc1cc(CC(O)CCC2=C(C(=O)N(CCO)C(C)(C)C)C=CCC2)c(C(=O)N(CCO)C(C)(C)c2ccccc2)cc1C. The summed E-state index contributed by atoms with van der Waals surface area (Å²) in [5.74, 6) is -0.281. The molecule has 0 heterocycles. The molecule has 2 aromatic rings. The standard InChI is InChI=1S/C37H52N2O5/c1-26-23-29(33(24-27(26)2)35(44)39(20-22-41)37(6,7)30-14-9-8-10-15-30)25-31(42)18-17-28-13-11-12-16-32(28)34(43)38(19-21-40)36(3,4)5/h8-10,12,14-16,23-24,31,40-42H,11,13,17-22,25H2,1-7H3. The van der Waals surface area contributed by atoms with Gasteiger partial charge in [-0.2, -0.15) is 0 Å². The Morgan fingerprint density at radius 3 is 2.11 bits per heavy atom. The van der Waals surface area contributed by atoms with Crippen molar-refractivity contribution in [2.24, 2.45) is 0 Å². The number of β-amino-alcohol motifs (C(OH)–C–C–N with tert-alkyl or cyclic N) is 1. The smallest absolute Gasteiger partial charge is 0.254 e. The van der Waals surface area contributed by atoms with E-state index >= 15 is 0 Å². The van der Waals surface area contributed by atoms with Crippen molar-refractivity contribution in [3.63, 3.8) is 0 Å². The number of amides is 2. The van der Waals surface area contributed by atoms with Crippen molar-refractivity contribution in [1.29, 1.82) is 0 Å². The van der Waals surface area contributed by atoms with Gasteiger partial charge in [0.15, 0.2) is 0 Å². The summed E-state index contributed by atoms with van der Waals surface area (Å²) < 4.78 is 0. The molecule has 44 heavy (non-hydrogen) atoms. The zero-order valence-corrected chi connectivity index (χ0v) is 27.7. The Morgan fingerprint density at radius 1 is 0.886 bits per heavy atom. The maximum atomic E-state index is 14.2. The van der Waals surface area contributed by atoms with Crippen molar-refractivity contribution >= 4 is 11.8 Å². The first kappa shape index (κ1) is 35.2. The van der Waals surface area contributed by atoms with Crippen LogP contribution < -0.4 is 0 Å². The third-order valence-corrected chi connectivity index (χ3v) is 8.80. The van der Waals surface area contributed by atoms with Gasteiger partial charge < -0.3 is 25.1 Å². The van der Waals surface area contributed by atoms with Gasteiger partial charge in [0.1, 0.15) is 0 Å². The predicted octanol–water partition coefficient (Wildman–Crippen LogP) is 5.62. The van der Waals surface area contributed by atoms with Gasteiger partial charge in [0.2, 0.25) is 0 Å². The van der Waals surface area contributed by atoms with Gasteiger partial charge in [-0.25, -0.2) is 0 Å². The molecule has 0 aliphatic heterocycles.